The van der Waals surface area contributed by atoms with Gasteiger partial charge < -0.3 is 4.90 Å². The standard InChI is InChI=1S/C13H25N5/c1-5-11(6-2)9-18(7-3)12-10(4)8-15-13(16-12)17-14/h8,11H,5-7,9,14H2,1-4H3,(H,15,16,17). The lowest BCUT2D eigenvalue weighted by atomic mass is 10.0. The molecule has 0 fully saturated rings. The molecule has 0 amide bonds. The molecule has 0 atom stereocenters. The number of aryl methyl sites for hydroxylation is 1. The lowest BCUT2D eigenvalue weighted by Gasteiger charge is -2.27. The molecule has 0 bridgehead atoms. The highest BCUT2D eigenvalue weighted by atomic mass is 15.3. The van der Waals surface area contributed by atoms with Crippen LogP contribution in [-0.2, 0) is 0 Å². The molecule has 1 aromatic rings. The van der Waals surface area contributed by atoms with E-state index in [-0.39, 0.29) is 0 Å². The van der Waals surface area contributed by atoms with Crippen molar-refractivity contribution in [3.8, 4) is 0 Å². The van der Waals surface area contributed by atoms with E-state index in [0.717, 1.165) is 24.5 Å². The molecule has 0 aliphatic heterocycles. The van der Waals surface area contributed by atoms with E-state index in [0.29, 0.717) is 11.9 Å². The second-order valence-corrected chi connectivity index (χ2v) is 4.57. The molecule has 0 aromatic carbocycles. The average Bonchev–Trinajstić information content (AvgIpc) is 2.41. The highest BCUT2D eigenvalue weighted by Crippen LogP contribution is 2.20. The van der Waals surface area contributed by atoms with Gasteiger partial charge in [0.2, 0.25) is 5.95 Å². The lowest BCUT2D eigenvalue weighted by molar-refractivity contribution is 0.484. The van der Waals surface area contributed by atoms with Gasteiger partial charge in [-0.25, -0.2) is 10.8 Å². The van der Waals surface area contributed by atoms with Crippen LogP contribution >= 0.6 is 0 Å². The van der Waals surface area contributed by atoms with Crippen molar-refractivity contribution < 1.29 is 0 Å². The molecule has 0 saturated heterocycles. The fraction of sp³-hybridized carbons (Fsp3) is 0.692. The number of hydrazine groups is 1. The highest BCUT2D eigenvalue weighted by molar-refractivity contribution is 5.48. The first-order valence-corrected chi connectivity index (χ1v) is 6.71. The van der Waals surface area contributed by atoms with E-state index in [2.05, 4.69) is 41.1 Å². The van der Waals surface area contributed by atoms with Crippen molar-refractivity contribution in [2.45, 2.75) is 40.5 Å². The Bertz CT molecular complexity index is 362. The molecule has 0 unspecified atom stereocenters. The maximum atomic E-state index is 5.37. The number of nitrogen functional groups attached to an aromatic ring is 1. The van der Waals surface area contributed by atoms with Crippen molar-refractivity contribution in [3.05, 3.63) is 11.8 Å². The molecule has 1 rings (SSSR count). The number of nitrogens with one attached hydrogen (secondary N) is 1. The Balaban J connectivity index is 2.93. The van der Waals surface area contributed by atoms with Crippen molar-refractivity contribution in [2.24, 2.45) is 11.8 Å². The predicted molar refractivity (Wildman–Crippen MR) is 76.5 cm³/mol. The number of hydrogen-bond donors (Lipinski definition) is 2. The van der Waals surface area contributed by atoms with Crippen LogP contribution in [0, 0.1) is 12.8 Å². The molecule has 5 heteroatoms. The number of anilines is 2. The number of aromatic nitrogens is 2. The van der Waals surface area contributed by atoms with Gasteiger partial charge in [-0.15, -0.1) is 0 Å². The molecule has 0 saturated carbocycles. The van der Waals surface area contributed by atoms with Crippen LogP contribution < -0.4 is 16.2 Å². The number of nitrogens with two attached hydrogens (primary N) is 1. The smallest absolute Gasteiger partial charge is 0.239 e. The lowest BCUT2D eigenvalue weighted by Crippen LogP contribution is -2.31. The van der Waals surface area contributed by atoms with Crippen LogP contribution in [0.4, 0.5) is 11.8 Å². The van der Waals surface area contributed by atoms with Crippen LogP contribution in [0.3, 0.4) is 0 Å². The minimum absolute atomic E-state index is 0.471. The van der Waals surface area contributed by atoms with Crippen LogP contribution in [0.1, 0.15) is 39.2 Å². The van der Waals surface area contributed by atoms with Crippen LogP contribution in [-0.4, -0.2) is 23.1 Å². The van der Waals surface area contributed by atoms with Gasteiger partial charge in [0.15, 0.2) is 0 Å². The first-order valence-electron chi connectivity index (χ1n) is 6.71. The topological polar surface area (TPSA) is 67.1 Å². The first kappa shape index (κ1) is 14.7. The molecule has 18 heavy (non-hydrogen) atoms. The van der Waals surface area contributed by atoms with Crippen molar-refractivity contribution in [2.75, 3.05) is 23.4 Å². The fourth-order valence-electron chi connectivity index (χ4n) is 2.05. The minimum Gasteiger partial charge on any atom is -0.356 e. The zero-order valence-electron chi connectivity index (χ0n) is 11.9. The summed E-state index contributed by atoms with van der Waals surface area (Å²) in [4.78, 5) is 10.9. The third kappa shape index (κ3) is 3.57. The van der Waals surface area contributed by atoms with Gasteiger partial charge >= 0.3 is 0 Å². The Hall–Kier alpha value is -1.36. The molecule has 3 N–H and O–H groups in total. The van der Waals surface area contributed by atoms with E-state index in [9.17, 15) is 0 Å². The van der Waals surface area contributed by atoms with Gasteiger partial charge in [-0.05, 0) is 19.8 Å². The second-order valence-electron chi connectivity index (χ2n) is 4.57. The van der Waals surface area contributed by atoms with Gasteiger partial charge in [0.25, 0.3) is 0 Å². The Morgan fingerprint density at radius 2 is 2.00 bits per heavy atom. The predicted octanol–water partition coefficient (Wildman–Crippen LogP) is 2.33. The SMILES string of the molecule is CCC(CC)CN(CC)c1nc(NN)ncc1C. The molecule has 0 radical (unpaired) electrons. The summed E-state index contributed by atoms with van der Waals surface area (Å²) in [5.74, 6) is 7.52. The van der Waals surface area contributed by atoms with Gasteiger partial charge in [0, 0.05) is 24.8 Å². The maximum absolute atomic E-state index is 5.37. The van der Waals surface area contributed by atoms with Gasteiger partial charge in [-0.2, -0.15) is 4.98 Å². The van der Waals surface area contributed by atoms with E-state index < -0.39 is 0 Å². The van der Waals surface area contributed by atoms with E-state index in [1.165, 1.54) is 12.8 Å². The summed E-state index contributed by atoms with van der Waals surface area (Å²) in [7, 11) is 0. The van der Waals surface area contributed by atoms with E-state index in [1.807, 2.05) is 13.1 Å². The average molecular weight is 251 g/mol. The highest BCUT2D eigenvalue weighted by Gasteiger charge is 2.14. The van der Waals surface area contributed by atoms with Crippen LogP contribution in [0.2, 0.25) is 0 Å². The third-order valence-corrected chi connectivity index (χ3v) is 3.39. The summed E-state index contributed by atoms with van der Waals surface area (Å²) >= 11 is 0. The zero-order valence-corrected chi connectivity index (χ0v) is 11.9. The molecule has 0 aliphatic carbocycles. The van der Waals surface area contributed by atoms with Crippen LogP contribution in [0.25, 0.3) is 0 Å². The van der Waals surface area contributed by atoms with Gasteiger partial charge in [-0.1, -0.05) is 26.7 Å². The monoisotopic (exact) mass is 251 g/mol. The molecule has 0 spiro atoms. The van der Waals surface area contributed by atoms with Crippen LogP contribution in [0.5, 0.6) is 0 Å². The molecule has 0 aliphatic rings. The molecule has 1 aromatic heterocycles. The Morgan fingerprint density at radius 1 is 1.33 bits per heavy atom. The van der Waals surface area contributed by atoms with Crippen molar-refractivity contribution in [3.63, 3.8) is 0 Å². The fourth-order valence-corrected chi connectivity index (χ4v) is 2.05. The van der Waals surface area contributed by atoms with E-state index in [4.69, 9.17) is 5.84 Å². The molecule has 5 nitrogen and oxygen atoms in total. The summed E-state index contributed by atoms with van der Waals surface area (Å²) < 4.78 is 0. The van der Waals surface area contributed by atoms with Crippen molar-refractivity contribution in [1.82, 2.24) is 9.97 Å². The number of rotatable bonds is 7. The Labute approximate surface area is 110 Å². The van der Waals surface area contributed by atoms with Crippen molar-refractivity contribution >= 4 is 11.8 Å². The summed E-state index contributed by atoms with van der Waals surface area (Å²) in [6.45, 7) is 10.6. The normalized spacial score (nSPS) is 10.8. The molecular weight excluding hydrogens is 226 g/mol. The third-order valence-electron chi connectivity index (χ3n) is 3.39. The van der Waals surface area contributed by atoms with E-state index >= 15 is 0 Å². The molecule has 102 valence electrons. The number of hydrogen-bond acceptors (Lipinski definition) is 5. The molecule has 1 heterocycles. The summed E-state index contributed by atoms with van der Waals surface area (Å²) in [6, 6.07) is 0. The zero-order chi connectivity index (χ0) is 13.5. The summed E-state index contributed by atoms with van der Waals surface area (Å²) in [6.07, 6.45) is 4.20. The number of nitrogens with zero attached hydrogens (tertiary/aromatic N) is 3. The molecular formula is C13H25N5. The quantitative estimate of drug-likeness (QED) is 0.575. The van der Waals surface area contributed by atoms with E-state index in [1.54, 1.807) is 0 Å². The van der Waals surface area contributed by atoms with Gasteiger partial charge in [0.1, 0.15) is 5.82 Å². The minimum atomic E-state index is 0.471. The summed E-state index contributed by atoms with van der Waals surface area (Å²) in [5.41, 5.74) is 3.59. The van der Waals surface area contributed by atoms with Crippen molar-refractivity contribution in [1.29, 1.82) is 0 Å². The summed E-state index contributed by atoms with van der Waals surface area (Å²) in [5, 5.41) is 0. The van der Waals surface area contributed by atoms with Crippen LogP contribution in [0.15, 0.2) is 6.20 Å². The Morgan fingerprint density at radius 3 is 2.50 bits per heavy atom. The first-order chi connectivity index (χ1) is 8.65. The largest absolute Gasteiger partial charge is 0.356 e. The maximum Gasteiger partial charge on any atom is 0.239 e. The van der Waals surface area contributed by atoms with Gasteiger partial charge in [0.05, 0.1) is 0 Å². The van der Waals surface area contributed by atoms with Gasteiger partial charge in [-0.3, -0.25) is 5.43 Å². The second kappa shape index (κ2) is 7.16. The Kier molecular flexibility index (Phi) is 5.85.